The van der Waals surface area contributed by atoms with Crippen molar-refractivity contribution in [2.45, 2.75) is 30.7 Å². The van der Waals surface area contributed by atoms with Crippen LogP contribution < -0.4 is 10.2 Å². The minimum atomic E-state index is -1.64. The summed E-state index contributed by atoms with van der Waals surface area (Å²) in [4.78, 5) is 12.9. The van der Waals surface area contributed by atoms with Crippen LogP contribution in [-0.4, -0.2) is 68.0 Å². The summed E-state index contributed by atoms with van der Waals surface area (Å²) in [6.07, 6.45) is -6.23. The fourth-order valence-corrected chi connectivity index (χ4v) is 3.41. The number of aliphatic hydroxyl groups excluding tert-OH is 4. The summed E-state index contributed by atoms with van der Waals surface area (Å²) in [5, 5.41) is 58.8. The molecule has 2 heterocycles. The lowest BCUT2D eigenvalue weighted by Gasteiger charge is -2.39. The molecular weight excluding hydrogens is 412 g/mol. The lowest BCUT2D eigenvalue weighted by molar-refractivity contribution is -0.277. The molecule has 10 heteroatoms. The zero-order valence-electron chi connectivity index (χ0n) is 16.0. The van der Waals surface area contributed by atoms with Gasteiger partial charge >= 0.3 is 0 Å². The molecule has 1 aliphatic heterocycles. The Morgan fingerprint density at radius 3 is 2.35 bits per heavy atom. The average molecular weight is 432 g/mol. The molecule has 0 spiro atoms. The van der Waals surface area contributed by atoms with Crippen molar-refractivity contribution in [2.75, 3.05) is 6.61 Å². The molecule has 4 rings (SSSR count). The van der Waals surface area contributed by atoms with E-state index in [0.29, 0.717) is 5.56 Å². The number of phenolic OH excluding ortho intramolecular Hbond substituents is 2. The molecule has 3 aromatic rings. The van der Waals surface area contributed by atoms with Gasteiger partial charge in [0.1, 0.15) is 58.9 Å². The maximum absolute atomic E-state index is 12.9. The highest BCUT2D eigenvalue weighted by molar-refractivity contribution is 5.88. The highest BCUT2D eigenvalue weighted by Crippen LogP contribution is 2.32. The van der Waals surface area contributed by atoms with Crippen molar-refractivity contribution in [1.82, 2.24) is 0 Å². The monoisotopic (exact) mass is 432 g/mol. The summed E-state index contributed by atoms with van der Waals surface area (Å²) < 4.78 is 16.2. The van der Waals surface area contributed by atoms with Crippen molar-refractivity contribution in [3.63, 3.8) is 0 Å². The predicted molar refractivity (Wildman–Crippen MR) is 106 cm³/mol. The van der Waals surface area contributed by atoms with Crippen molar-refractivity contribution in [3.05, 3.63) is 52.9 Å². The molecule has 2 aromatic carbocycles. The molecule has 10 nitrogen and oxygen atoms in total. The number of hydrogen-bond acceptors (Lipinski definition) is 10. The Balaban J connectivity index is 1.68. The van der Waals surface area contributed by atoms with Gasteiger partial charge in [0.15, 0.2) is 0 Å². The molecule has 0 aliphatic carbocycles. The van der Waals surface area contributed by atoms with Crippen LogP contribution in [0.4, 0.5) is 0 Å². The third-order valence-corrected chi connectivity index (χ3v) is 5.11. The van der Waals surface area contributed by atoms with Crippen LogP contribution in [0.2, 0.25) is 0 Å². The van der Waals surface area contributed by atoms with Crippen molar-refractivity contribution in [2.24, 2.45) is 0 Å². The number of phenols is 2. The average Bonchev–Trinajstić information content (AvgIpc) is 2.75. The van der Waals surface area contributed by atoms with E-state index in [2.05, 4.69) is 0 Å². The molecule has 2 unspecified atom stereocenters. The van der Waals surface area contributed by atoms with E-state index in [1.54, 1.807) is 0 Å². The van der Waals surface area contributed by atoms with Gasteiger partial charge in [-0.15, -0.1) is 0 Å². The Hall–Kier alpha value is -3.15. The van der Waals surface area contributed by atoms with Crippen LogP contribution in [0.5, 0.6) is 17.2 Å². The Labute approximate surface area is 174 Å². The van der Waals surface area contributed by atoms with Gasteiger partial charge < -0.3 is 44.5 Å². The molecule has 164 valence electrons. The topological polar surface area (TPSA) is 170 Å². The first-order chi connectivity index (χ1) is 14.8. The van der Waals surface area contributed by atoms with Crippen molar-refractivity contribution >= 4 is 11.0 Å². The van der Waals surface area contributed by atoms with Gasteiger partial charge in [-0.3, -0.25) is 4.79 Å². The fraction of sp³-hybridized carbons (Fsp3) is 0.286. The van der Waals surface area contributed by atoms with Gasteiger partial charge in [-0.05, 0) is 17.7 Å². The maximum atomic E-state index is 12.9. The van der Waals surface area contributed by atoms with Crippen LogP contribution in [-0.2, 0) is 4.74 Å². The molecule has 31 heavy (non-hydrogen) atoms. The summed E-state index contributed by atoms with van der Waals surface area (Å²) in [6, 6.07) is 8.29. The Morgan fingerprint density at radius 1 is 0.968 bits per heavy atom. The number of aromatic hydroxyl groups is 2. The maximum Gasteiger partial charge on any atom is 0.229 e. The largest absolute Gasteiger partial charge is 0.508 e. The number of fused-ring (bicyclic) bond motifs is 1. The molecule has 5 atom stereocenters. The molecule has 0 amide bonds. The minimum absolute atomic E-state index is 0.00730. The molecule has 6 N–H and O–H groups in total. The van der Waals surface area contributed by atoms with E-state index in [1.165, 1.54) is 36.6 Å². The summed E-state index contributed by atoms with van der Waals surface area (Å²) in [7, 11) is 0. The Bertz CT molecular complexity index is 1140. The van der Waals surface area contributed by atoms with E-state index < -0.39 is 48.5 Å². The zero-order valence-corrected chi connectivity index (χ0v) is 16.0. The van der Waals surface area contributed by atoms with Crippen LogP contribution in [0.15, 0.2) is 51.9 Å². The zero-order chi connectivity index (χ0) is 22.3. The fourth-order valence-electron chi connectivity index (χ4n) is 3.41. The smallest absolute Gasteiger partial charge is 0.229 e. The second kappa shape index (κ2) is 8.17. The molecule has 0 bridgehead atoms. The molecular formula is C21H20O10. The summed E-state index contributed by atoms with van der Waals surface area (Å²) >= 11 is 0. The first kappa shape index (κ1) is 21.1. The Morgan fingerprint density at radius 2 is 1.68 bits per heavy atom. The normalized spacial score (nSPS) is 26.1. The highest BCUT2D eigenvalue weighted by atomic mass is 16.7. The van der Waals surface area contributed by atoms with Gasteiger partial charge in [-0.25, -0.2) is 0 Å². The molecule has 0 saturated carbocycles. The van der Waals surface area contributed by atoms with E-state index in [0.717, 1.165) is 6.07 Å². The molecule has 1 saturated heterocycles. The third kappa shape index (κ3) is 3.82. The van der Waals surface area contributed by atoms with E-state index >= 15 is 0 Å². The number of ether oxygens (including phenoxy) is 2. The third-order valence-electron chi connectivity index (χ3n) is 5.11. The lowest BCUT2D eigenvalue weighted by atomic mass is 9.99. The number of hydrogen-bond donors (Lipinski definition) is 6. The number of benzene rings is 2. The van der Waals surface area contributed by atoms with Crippen LogP contribution in [0.1, 0.15) is 0 Å². The number of aliphatic hydroxyl groups is 4. The summed E-state index contributed by atoms with van der Waals surface area (Å²) in [6.45, 7) is -0.622. The standard InChI is InChI=1S/C21H20O10/c22-7-15-18(26)19(27)20(28)21(31-15)30-11-5-13(24)16-14(6-11)29-8-12(17(16)25)9-1-3-10(23)4-2-9/h1-6,8,15,18-24,26-28H,7H2/t15?,18-,19?,20-,21+/m0/s1. The Kier molecular flexibility index (Phi) is 5.56. The molecule has 1 fully saturated rings. The molecule has 1 aromatic heterocycles. The van der Waals surface area contributed by atoms with E-state index in [4.69, 9.17) is 13.9 Å². The van der Waals surface area contributed by atoms with E-state index in [1.807, 2.05) is 0 Å². The molecule has 0 radical (unpaired) electrons. The van der Waals surface area contributed by atoms with Crippen LogP contribution >= 0.6 is 0 Å². The highest BCUT2D eigenvalue weighted by Gasteiger charge is 2.44. The van der Waals surface area contributed by atoms with E-state index in [9.17, 15) is 35.4 Å². The second-order valence-corrected chi connectivity index (χ2v) is 7.16. The van der Waals surface area contributed by atoms with Gasteiger partial charge in [0, 0.05) is 12.1 Å². The van der Waals surface area contributed by atoms with Crippen molar-refractivity contribution in [3.8, 4) is 28.4 Å². The first-order valence-corrected chi connectivity index (χ1v) is 9.35. The van der Waals surface area contributed by atoms with Gasteiger partial charge in [0.2, 0.25) is 11.7 Å². The first-order valence-electron chi connectivity index (χ1n) is 9.35. The number of rotatable bonds is 4. The van der Waals surface area contributed by atoms with Gasteiger partial charge in [0.05, 0.1) is 12.2 Å². The second-order valence-electron chi connectivity index (χ2n) is 7.16. The molecule has 1 aliphatic rings. The summed E-state index contributed by atoms with van der Waals surface area (Å²) in [5.41, 5.74) is 0.135. The van der Waals surface area contributed by atoms with Gasteiger partial charge in [0.25, 0.3) is 0 Å². The summed E-state index contributed by atoms with van der Waals surface area (Å²) in [5.74, 6) is -0.465. The van der Waals surface area contributed by atoms with Gasteiger partial charge in [-0.2, -0.15) is 0 Å². The van der Waals surface area contributed by atoms with Crippen molar-refractivity contribution in [1.29, 1.82) is 0 Å². The predicted octanol–water partition coefficient (Wildman–Crippen LogP) is 0.0499. The van der Waals surface area contributed by atoms with Crippen LogP contribution in [0.25, 0.3) is 22.1 Å². The minimum Gasteiger partial charge on any atom is -0.508 e. The van der Waals surface area contributed by atoms with E-state index in [-0.39, 0.29) is 28.0 Å². The lowest BCUT2D eigenvalue weighted by Crippen LogP contribution is -2.60. The van der Waals surface area contributed by atoms with Gasteiger partial charge in [-0.1, -0.05) is 12.1 Å². The van der Waals surface area contributed by atoms with Crippen LogP contribution in [0.3, 0.4) is 0 Å². The van der Waals surface area contributed by atoms with Crippen molar-refractivity contribution < 1.29 is 44.5 Å². The quantitative estimate of drug-likeness (QED) is 0.331. The van der Waals surface area contributed by atoms with Crippen LogP contribution in [0, 0.1) is 0 Å². The SMILES string of the molecule is O=c1c(-c2ccc(O)cc2)coc2cc(O[C@@H]3OC(CO)[C@H](O)C(O)[C@@H]3O)cc(O)c12.